The number of carbonyl (C=O) groups is 1. The molecule has 76 valence electrons. The molecule has 0 saturated carbocycles. The molecule has 4 nitrogen and oxygen atoms in total. The number of hydrogen-bond donors (Lipinski definition) is 3. The van der Waals surface area contributed by atoms with Crippen LogP contribution in [0.25, 0.3) is 0 Å². The Morgan fingerprint density at radius 2 is 1.93 bits per heavy atom. The minimum absolute atomic E-state index is 0.0271. The molecular weight excluding hydrogens is 182 g/mol. The van der Waals surface area contributed by atoms with Gasteiger partial charge in [-0.3, -0.25) is 0 Å². The number of carboxylic acids is 1. The standard InChI is InChI=1S/C10H13NO3/c11-8(6-9(12)10(13)14)7-4-2-1-3-5-7/h1-5,8-9,12H,6,11H2,(H,13,14)/t8?,9-/m0/s1. The minimum Gasteiger partial charge on any atom is -0.479 e. The highest BCUT2D eigenvalue weighted by Crippen LogP contribution is 2.15. The molecule has 0 fully saturated rings. The molecule has 0 amide bonds. The van der Waals surface area contributed by atoms with Crippen molar-refractivity contribution in [2.45, 2.75) is 18.6 Å². The third-order valence-corrected chi connectivity index (χ3v) is 1.99. The van der Waals surface area contributed by atoms with Crippen molar-refractivity contribution in [2.24, 2.45) is 5.73 Å². The first-order valence-corrected chi connectivity index (χ1v) is 4.32. The Morgan fingerprint density at radius 3 is 2.43 bits per heavy atom. The maximum absolute atomic E-state index is 10.4. The Hall–Kier alpha value is -1.39. The van der Waals surface area contributed by atoms with Crippen molar-refractivity contribution in [1.29, 1.82) is 0 Å². The van der Waals surface area contributed by atoms with E-state index >= 15 is 0 Å². The highest BCUT2D eigenvalue weighted by atomic mass is 16.4. The largest absolute Gasteiger partial charge is 0.479 e. The molecule has 1 rings (SSSR count). The minimum atomic E-state index is -1.40. The van der Waals surface area contributed by atoms with Crippen molar-refractivity contribution in [2.75, 3.05) is 0 Å². The van der Waals surface area contributed by atoms with Crippen molar-refractivity contribution in [3.63, 3.8) is 0 Å². The maximum Gasteiger partial charge on any atom is 0.332 e. The molecule has 1 aromatic carbocycles. The van der Waals surface area contributed by atoms with E-state index in [0.717, 1.165) is 5.56 Å². The molecule has 1 aromatic rings. The van der Waals surface area contributed by atoms with E-state index in [1.807, 2.05) is 18.2 Å². The van der Waals surface area contributed by atoms with Crippen LogP contribution in [0.3, 0.4) is 0 Å². The molecule has 0 bridgehead atoms. The van der Waals surface area contributed by atoms with Gasteiger partial charge in [0.2, 0.25) is 0 Å². The van der Waals surface area contributed by atoms with Gasteiger partial charge in [-0.2, -0.15) is 0 Å². The zero-order valence-electron chi connectivity index (χ0n) is 7.63. The first-order chi connectivity index (χ1) is 6.61. The van der Waals surface area contributed by atoms with Gasteiger partial charge in [0.25, 0.3) is 0 Å². The molecule has 0 heterocycles. The van der Waals surface area contributed by atoms with Crippen LogP contribution in [0.1, 0.15) is 18.0 Å². The molecular formula is C10H13NO3. The van der Waals surface area contributed by atoms with E-state index in [0.29, 0.717) is 0 Å². The van der Waals surface area contributed by atoms with Gasteiger partial charge in [-0.25, -0.2) is 4.79 Å². The normalized spacial score (nSPS) is 14.7. The van der Waals surface area contributed by atoms with Crippen LogP contribution < -0.4 is 5.73 Å². The molecule has 2 atom stereocenters. The molecule has 4 N–H and O–H groups in total. The Kier molecular flexibility index (Phi) is 3.62. The molecule has 1 unspecified atom stereocenters. The van der Waals surface area contributed by atoms with Crippen LogP contribution in [0.4, 0.5) is 0 Å². The van der Waals surface area contributed by atoms with Gasteiger partial charge >= 0.3 is 5.97 Å². The lowest BCUT2D eigenvalue weighted by molar-refractivity contribution is -0.147. The number of benzene rings is 1. The summed E-state index contributed by atoms with van der Waals surface area (Å²) < 4.78 is 0. The summed E-state index contributed by atoms with van der Waals surface area (Å²) in [5, 5.41) is 17.6. The molecule has 0 aromatic heterocycles. The second kappa shape index (κ2) is 4.74. The highest BCUT2D eigenvalue weighted by molar-refractivity contribution is 5.71. The summed E-state index contributed by atoms with van der Waals surface area (Å²) in [6.07, 6.45) is -1.37. The van der Waals surface area contributed by atoms with Gasteiger partial charge in [0.15, 0.2) is 6.10 Å². The summed E-state index contributed by atoms with van der Waals surface area (Å²) in [5.74, 6) is -1.24. The number of aliphatic hydroxyl groups excluding tert-OH is 1. The van der Waals surface area contributed by atoms with Crippen LogP contribution in [-0.4, -0.2) is 22.3 Å². The monoisotopic (exact) mass is 195 g/mol. The highest BCUT2D eigenvalue weighted by Gasteiger charge is 2.17. The van der Waals surface area contributed by atoms with Crippen molar-refractivity contribution >= 4 is 5.97 Å². The van der Waals surface area contributed by atoms with E-state index in [2.05, 4.69) is 0 Å². The molecule has 0 saturated heterocycles. The number of aliphatic hydroxyl groups is 1. The summed E-state index contributed by atoms with van der Waals surface area (Å²) in [7, 11) is 0. The van der Waals surface area contributed by atoms with Crippen LogP contribution in [0.5, 0.6) is 0 Å². The third-order valence-electron chi connectivity index (χ3n) is 1.99. The fourth-order valence-corrected chi connectivity index (χ4v) is 1.18. The van der Waals surface area contributed by atoms with Gasteiger partial charge in [0, 0.05) is 12.5 Å². The van der Waals surface area contributed by atoms with E-state index in [9.17, 15) is 4.79 Å². The van der Waals surface area contributed by atoms with Gasteiger partial charge in [0.05, 0.1) is 0 Å². The zero-order valence-corrected chi connectivity index (χ0v) is 7.63. The van der Waals surface area contributed by atoms with Crippen molar-refractivity contribution in [1.82, 2.24) is 0 Å². The number of rotatable bonds is 4. The van der Waals surface area contributed by atoms with Gasteiger partial charge in [0.1, 0.15) is 0 Å². The lowest BCUT2D eigenvalue weighted by atomic mass is 10.0. The summed E-state index contributed by atoms with van der Waals surface area (Å²) in [6, 6.07) is 8.66. The zero-order chi connectivity index (χ0) is 10.6. The first kappa shape index (κ1) is 10.7. The molecule has 0 aliphatic carbocycles. The Morgan fingerprint density at radius 1 is 1.36 bits per heavy atom. The van der Waals surface area contributed by atoms with E-state index in [1.54, 1.807) is 12.1 Å². The summed E-state index contributed by atoms with van der Waals surface area (Å²) in [4.78, 5) is 10.4. The van der Waals surface area contributed by atoms with Crippen molar-refractivity contribution in [3.05, 3.63) is 35.9 Å². The molecule has 14 heavy (non-hydrogen) atoms. The summed E-state index contributed by atoms with van der Waals surface area (Å²) in [6.45, 7) is 0. The van der Waals surface area contributed by atoms with Crippen molar-refractivity contribution < 1.29 is 15.0 Å². The lowest BCUT2D eigenvalue weighted by Crippen LogP contribution is -2.25. The smallest absolute Gasteiger partial charge is 0.332 e. The second-order valence-corrected chi connectivity index (χ2v) is 3.11. The molecule has 0 spiro atoms. The number of nitrogens with two attached hydrogens (primary N) is 1. The van der Waals surface area contributed by atoms with Crippen LogP contribution in [-0.2, 0) is 4.79 Å². The predicted molar refractivity (Wildman–Crippen MR) is 51.6 cm³/mol. The lowest BCUT2D eigenvalue weighted by Gasteiger charge is -2.13. The van der Waals surface area contributed by atoms with Crippen molar-refractivity contribution in [3.8, 4) is 0 Å². The van der Waals surface area contributed by atoms with E-state index in [1.165, 1.54) is 0 Å². The summed E-state index contributed by atoms with van der Waals surface area (Å²) >= 11 is 0. The fourth-order valence-electron chi connectivity index (χ4n) is 1.18. The molecule has 4 heteroatoms. The second-order valence-electron chi connectivity index (χ2n) is 3.11. The number of aliphatic carboxylic acids is 1. The average Bonchev–Trinajstić information content (AvgIpc) is 2.19. The Labute approximate surface area is 82.0 Å². The fraction of sp³-hybridized carbons (Fsp3) is 0.300. The average molecular weight is 195 g/mol. The van der Waals surface area contributed by atoms with Gasteiger partial charge in [-0.15, -0.1) is 0 Å². The predicted octanol–water partition coefficient (Wildman–Crippen LogP) is 0.522. The third kappa shape index (κ3) is 2.83. The quantitative estimate of drug-likeness (QED) is 0.654. The Bertz CT molecular complexity index is 299. The maximum atomic E-state index is 10.4. The van der Waals surface area contributed by atoms with Crippen LogP contribution >= 0.6 is 0 Å². The number of hydrogen-bond acceptors (Lipinski definition) is 3. The van der Waals surface area contributed by atoms with E-state index in [4.69, 9.17) is 15.9 Å². The first-order valence-electron chi connectivity index (χ1n) is 4.32. The van der Waals surface area contributed by atoms with E-state index in [-0.39, 0.29) is 6.42 Å². The molecule has 0 aliphatic heterocycles. The Balaban J connectivity index is 2.59. The van der Waals surface area contributed by atoms with Crippen LogP contribution in [0, 0.1) is 0 Å². The summed E-state index contributed by atoms with van der Waals surface area (Å²) in [5.41, 5.74) is 6.54. The van der Waals surface area contributed by atoms with Crippen LogP contribution in [0.2, 0.25) is 0 Å². The van der Waals surface area contributed by atoms with E-state index < -0.39 is 18.1 Å². The van der Waals surface area contributed by atoms with Gasteiger partial charge in [-0.1, -0.05) is 30.3 Å². The van der Waals surface area contributed by atoms with Gasteiger partial charge in [-0.05, 0) is 5.56 Å². The molecule has 0 aliphatic rings. The van der Waals surface area contributed by atoms with Crippen LogP contribution in [0.15, 0.2) is 30.3 Å². The topological polar surface area (TPSA) is 83.5 Å². The molecule has 0 radical (unpaired) electrons. The SMILES string of the molecule is NC(C[C@H](O)C(=O)O)c1ccccc1. The number of carboxylic acid groups (broad SMARTS) is 1. The van der Waals surface area contributed by atoms with Gasteiger partial charge < -0.3 is 15.9 Å².